The van der Waals surface area contributed by atoms with E-state index in [-0.39, 0.29) is 24.4 Å². The molecule has 2 amide bonds. The first kappa shape index (κ1) is 20.3. The highest BCUT2D eigenvalue weighted by Crippen LogP contribution is 2.30. The topological polar surface area (TPSA) is 96.5 Å². The molecule has 2 aliphatic rings. The normalized spacial score (nSPS) is 17.8. The number of amides is 2. The molecular formula is C22H27N5O3. The SMILES string of the molecule is Cc1ccc(C(C)NC(=O)c2cnc3c(c2)N(CC2CCOCC2)C(=O)CN3)cn1. The monoisotopic (exact) mass is 409 g/mol. The number of nitrogens with zero attached hydrogens (tertiary/aromatic N) is 3. The Kier molecular flexibility index (Phi) is 5.94. The van der Waals surface area contributed by atoms with E-state index in [1.165, 1.54) is 0 Å². The van der Waals surface area contributed by atoms with Crippen LogP contribution in [0.1, 0.15) is 47.4 Å². The number of aryl methyl sites for hydroxylation is 1. The number of anilines is 2. The highest BCUT2D eigenvalue weighted by atomic mass is 16.5. The van der Waals surface area contributed by atoms with Crippen molar-refractivity contribution in [3.8, 4) is 0 Å². The highest BCUT2D eigenvalue weighted by Gasteiger charge is 2.29. The predicted molar refractivity (Wildman–Crippen MR) is 113 cm³/mol. The second-order valence-corrected chi connectivity index (χ2v) is 7.93. The minimum Gasteiger partial charge on any atom is -0.381 e. The van der Waals surface area contributed by atoms with Crippen molar-refractivity contribution in [3.63, 3.8) is 0 Å². The van der Waals surface area contributed by atoms with Gasteiger partial charge in [-0.05, 0) is 50.3 Å². The van der Waals surface area contributed by atoms with E-state index in [1.54, 1.807) is 23.4 Å². The Morgan fingerprint density at radius 1 is 1.30 bits per heavy atom. The number of carbonyl (C=O) groups is 2. The quantitative estimate of drug-likeness (QED) is 0.788. The van der Waals surface area contributed by atoms with Gasteiger partial charge >= 0.3 is 0 Å². The first-order valence-electron chi connectivity index (χ1n) is 10.4. The number of carbonyl (C=O) groups excluding carboxylic acids is 2. The molecule has 8 heteroatoms. The molecule has 2 aliphatic heterocycles. The van der Waals surface area contributed by atoms with Crippen LogP contribution in [0.15, 0.2) is 30.6 Å². The third kappa shape index (κ3) is 4.43. The summed E-state index contributed by atoms with van der Waals surface area (Å²) in [5.74, 6) is 0.782. The fourth-order valence-corrected chi connectivity index (χ4v) is 3.79. The zero-order chi connectivity index (χ0) is 21.1. The van der Waals surface area contributed by atoms with E-state index < -0.39 is 0 Å². The molecule has 0 radical (unpaired) electrons. The maximum atomic E-state index is 12.8. The van der Waals surface area contributed by atoms with E-state index in [0.717, 1.165) is 37.3 Å². The number of ether oxygens (including phenoxy) is 1. The zero-order valence-electron chi connectivity index (χ0n) is 17.4. The third-order valence-corrected chi connectivity index (χ3v) is 5.69. The minimum atomic E-state index is -0.234. The molecule has 2 N–H and O–H groups in total. The number of fused-ring (bicyclic) bond motifs is 1. The summed E-state index contributed by atoms with van der Waals surface area (Å²) in [7, 11) is 0. The van der Waals surface area contributed by atoms with Gasteiger partial charge in [-0.15, -0.1) is 0 Å². The van der Waals surface area contributed by atoms with E-state index >= 15 is 0 Å². The molecule has 4 heterocycles. The fraction of sp³-hybridized carbons (Fsp3) is 0.455. The maximum Gasteiger partial charge on any atom is 0.253 e. The van der Waals surface area contributed by atoms with E-state index in [2.05, 4.69) is 20.6 Å². The Labute approximate surface area is 176 Å². The second kappa shape index (κ2) is 8.79. The van der Waals surface area contributed by atoms with Gasteiger partial charge in [0, 0.05) is 37.8 Å². The summed E-state index contributed by atoms with van der Waals surface area (Å²) in [4.78, 5) is 35.9. The summed E-state index contributed by atoms with van der Waals surface area (Å²) >= 11 is 0. The summed E-state index contributed by atoms with van der Waals surface area (Å²) in [6, 6.07) is 5.43. The molecule has 1 unspecified atom stereocenters. The lowest BCUT2D eigenvalue weighted by atomic mass is 9.99. The van der Waals surface area contributed by atoms with E-state index in [1.807, 2.05) is 26.0 Å². The molecule has 0 bridgehead atoms. The van der Waals surface area contributed by atoms with Gasteiger partial charge in [0.1, 0.15) is 5.82 Å². The van der Waals surface area contributed by atoms with Crippen molar-refractivity contribution in [1.82, 2.24) is 15.3 Å². The van der Waals surface area contributed by atoms with Gasteiger partial charge in [-0.3, -0.25) is 14.6 Å². The Morgan fingerprint density at radius 2 is 2.10 bits per heavy atom. The molecule has 2 aromatic rings. The van der Waals surface area contributed by atoms with Crippen molar-refractivity contribution in [2.45, 2.75) is 32.7 Å². The largest absolute Gasteiger partial charge is 0.381 e. The predicted octanol–water partition coefficient (Wildman–Crippen LogP) is 2.46. The minimum absolute atomic E-state index is 0.00699. The average Bonchev–Trinajstić information content (AvgIpc) is 2.76. The standard InChI is InChI=1S/C22H27N5O3/c1-14-3-4-17(10-23-14)15(2)26-22(29)18-9-19-21(24-11-18)25-12-20(28)27(19)13-16-5-7-30-8-6-16/h3-4,9-11,15-16H,5-8,12-13H2,1-2H3,(H,24,25)(H,26,29). The van der Waals surface area contributed by atoms with Crippen LogP contribution < -0.4 is 15.5 Å². The molecule has 4 rings (SSSR count). The maximum absolute atomic E-state index is 12.8. The number of hydrogen-bond donors (Lipinski definition) is 2. The van der Waals surface area contributed by atoms with Crippen molar-refractivity contribution in [2.24, 2.45) is 5.92 Å². The molecule has 0 aliphatic carbocycles. The Bertz CT molecular complexity index is 925. The van der Waals surface area contributed by atoms with Gasteiger partial charge in [-0.1, -0.05) is 6.07 Å². The van der Waals surface area contributed by atoms with Crippen molar-refractivity contribution < 1.29 is 14.3 Å². The zero-order valence-corrected chi connectivity index (χ0v) is 17.4. The fourth-order valence-electron chi connectivity index (χ4n) is 3.79. The Hall–Kier alpha value is -3.00. The van der Waals surface area contributed by atoms with E-state index in [9.17, 15) is 9.59 Å². The lowest BCUT2D eigenvalue weighted by molar-refractivity contribution is -0.117. The van der Waals surface area contributed by atoms with Gasteiger partial charge in [0.15, 0.2) is 0 Å². The number of aromatic nitrogens is 2. The van der Waals surface area contributed by atoms with Crippen molar-refractivity contribution in [3.05, 3.63) is 47.4 Å². The van der Waals surface area contributed by atoms with Gasteiger partial charge in [0.25, 0.3) is 5.91 Å². The van der Waals surface area contributed by atoms with Crippen LogP contribution in [0.25, 0.3) is 0 Å². The smallest absolute Gasteiger partial charge is 0.253 e. The van der Waals surface area contributed by atoms with Crippen LogP contribution >= 0.6 is 0 Å². The molecule has 30 heavy (non-hydrogen) atoms. The lowest BCUT2D eigenvalue weighted by Crippen LogP contribution is -2.44. The van der Waals surface area contributed by atoms with Gasteiger partial charge in [0.05, 0.1) is 23.8 Å². The number of hydrogen-bond acceptors (Lipinski definition) is 6. The summed E-state index contributed by atoms with van der Waals surface area (Å²) in [6.07, 6.45) is 5.18. The van der Waals surface area contributed by atoms with Crippen LogP contribution in [0.4, 0.5) is 11.5 Å². The molecule has 8 nitrogen and oxygen atoms in total. The Balaban J connectivity index is 1.51. The van der Waals surface area contributed by atoms with Crippen molar-refractivity contribution >= 4 is 23.3 Å². The summed E-state index contributed by atoms with van der Waals surface area (Å²) < 4.78 is 5.43. The molecule has 1 atom stereocenters. The third-order valence-electron chi connectivity index (χ3n) is 5.69. The van der Waals surface area contributed by atoms with Crippen LogP contribution in [-0.2, 0) is 9.53 Å². The van der Waals surface area contributed by atoms with Crippen molar-refractivity contribution in [2.75, 3.05) is 36.5 Å². The van der Waals surface area contributed by atoms with Gasteiger partial charge < -0.3 is 20.3 Å². The van der Waals surface area contributed by atoms with Crippen LogP contribution in [-0.4, -0.2) is 48.1 Å². The molecular weight excluding hydrogens is 382 g/mol. The first-order valence-corrected chi connectivity index (χ1v) is 10.4. The molecule has 2 aromatic heterocycles. The highest BCUT2D eigenvalue weighted by molar-refractivity contribution is 6.04. The lowest BCUT2D eigenvalue weighted by Gasteiger charge is -2.33. The summed E-state index contributed by atoms with van der Waals surface area (Å²) in [5, 5.41) is 6.04. The molecule has 0 spiro atoms. The average molecular weight is 409 g/mol. The number of rotatable bonds is 5. The van der Waals surface area contributed by atoms with E-state index in [0.29, 0.717) is 29.5 Å². The van der Waals surface area contributed by atoms with E-state index in [4.69, 9.17) is 4.74 Å². The second-order valence-electron chi connectivity index (χ2n) is 7.93. The molecule has 1 saturated heterocycles. The summed E-state index contributed by atoms with van der Waals surface area (Å²) in [5.41, 5.74) is 2.94. The Morgan fingerprint density at radius 3 is 2.83 bits per heavy atom. The molecule has 0 saturated carbocycles. The van der Waals surface area contributed by atoms with Crippen LogP contribution in [0.5, 0.6) is 0 Å². The molecule has 1 fully saturated rings. The number of pyridine rings is 2. The van der Waals surface area contributed by atoms with Gasteiger partial charge in [-0.2, -0.15) is 0 Å². The van der Waals surface area contributed by atoms with Crippen LogP contribution in [0.2, 0.25) is 0 Å². The molecule has 0 aromatic carbocycles. The first-order chi connectivity index (χ1) is 14.5. The summed E-state index contributed by atoms with van der Waals surface area (Å²) in [6.45, 7) is 6.13. The van der Waals surface area contributed by atoms with Crippen LogP contribution in [0, 0.1) is 12.8 Å². The van der Waals surface area contributed by atoms with Crippen molar-refractivity contribution in [1.29, 1.82) is 0 Å². The van der Waals surface area contributed by atoms with Gasteiger partial charge in [-0.25, -0.2) is 4.98 Å². The molecule has 158 valence electrons. The number of nitrogens with one attached hydrogen (secondary N) is 2. The van der Waals surface area contributed by atoms with Gasteiger partial charge in [0.2, 0.25) is 5.91 Å². The van der Waals surface area contributed by atoms with Crippen LogP contribution in [0.3, 0.4) is 0 Å².